The maximum Gasteiger partial charge on any atom is 0.265 e. The molecule has 2 atom stereocenters. The number of anilines is 1. The van der Waals surface area contributed by atoms with Crippen molar-refractivity contribution in [2.24, 2.45) is 5.92 Å². The molecule has 0 N–H and O–H groups in total. The third-order valence-corrected chi connectivity index (χ3v) is 9.68. The predicted molar refractivity (Wildman–Crippen MR) is 127 cm³/mol. The van der Waals surface area contributed by atoms with Crippen molar-refractivity contribution in [1.82, 2.24) is 4.90 Å². The van der Waals surface area contributed by atoms with Gasteiger partial charge in [0.25, 0.3) is 15.9 Å². The van der Waals surface area contributed by atoms with E-state index in [-0.39, 0.29) is 15.8 Å². The minimum atomic E-state index is -3.82. The number of carbonyl (C=O) groups excluding carboxylic acids is 1. The molecule has 5 nitrogen and oxygen atoms in total. The molecular weight excluding hydrogens is 467 g/mol. The fourth-order valence-electron chi connectivity index (χ4n) is 5.60. The Balaban J connectivity index is 1.42. The molecule has 5 rings (SSSR count). The summed E-state index contributed by atoms with van der Waals surface area (Å²) in [5.74, 6) is 0.701. The summed E-state index contributed by atoms with van der Waals surface area (Å²) in [5.41, 5.74) is 2.14. The van der Waals surface area contributed by atoms with Crippen molar-refractivity contribution in [2.75, 3.05) is 17.4 Å². The number of fused-ring (bicyclic) bond motifs is 2. The highest BCUT2D eigenvalue weighted by Gasteiger charge is 2.37. The summed E-state index contributed by atoms with van der Waals surface area (Å²) in [6.07, 6.45) is 7.62. The second-order valence-electron chi connectivity index (χ2n) is 9.00. The SMILES string of the molecule is O=C(c1ccc2c(c1)CCN2S(=O)(=O)c1ccc(Cl)cc1Cl)N1CCCC2CCCCC21. The van der Waals surface area contributed by atoms with E-state index in [0.29, 0.717) is 41.2 Å². The third-order valence-electron chi connectivity index (χ3n) is 7.15. The lowest BCUT2D eigenvalue weighted by Gasteiger charge is -2.44. The average molecular weight is 493 g/mol. The van der Waals surface area contributed by atoms with Gasteiger partial charge in [-0.1, -0.05) is 36.0 Å². The van der Waals surface area contributed by atoms with Crippen LogP contribution in [0.4, 0.5) is 5.69 Å². The Hall–Kier alpha value is -1.76. The fourth-order valence-corrected chi connectivity index (χ4v) is 7.85. The smallest absolute Gasteiger partial charge is 0.265 e. The predicted octanol–water partition coefficient (Wildman–Crippen LogP) is 5.54. The van der Waals surface area contributed by atoms with Gasteiger partial charge in [0.15, 0.2) is 0 Å². The summed E-state index contributed by atoms with van der Waals surface area (Å²) in [6.45, 7) is 1.13. The van der Waals surface area contributed by atoms with Gasteiger partial charge in [-0.3, -0.25) is 9.10 Å². The maximum absolute atomic E-state index is 13.4. The van der Waals surface area contributed by atoms with Crippen LogP contribution in [0.25, 0.3) is 0 Å². The standard InChI is InChI=1S/C24H26Cl2N2O3S/c25-19-8-10-23(20(26)15-19)32(30,31)28-13-11-17-14-18(7-9-22(17)28)24(29)27-12-3-5-16-4-1-2-6-21(16)27/h7-10,14-16,21H,1-6,11-13H2. The van der Waals surface area contributed by atoms with Gasteiger partial charge in [-0.15, -0.1) is 0 Å². The number of amides is 1. The molecule has 0 radical (unpaired) electrons. The van der Waals surface area contributed by atoms with Gasteiger partial charge in [0.2, 0.25) is 0 Å². The van der Waals surface area contributed by atoms with Crippen LogP contribution in [0.2, 0.25) is 10.0 Å². The molecule has 2 aromatic carbocycles. The van der Waals surface area contributed by atoms with Gasteiger partial charge < -0.3 is 4.90 Å². The summed E-state index contributed by atoms with van der Waals surface area (Å²) in [7, 11) is -3.82. The summed E-state index contributed by atoms with van der Waals surface area (Å²) in [4.78, 5) is 15.5. The Morgan fingerprint density at radius 1 is 0.938 bits per heavy atom. The molecule has 2 heterocycles. The van der Waals surface area contributed by atoms with Crippen LogP contribution in [0.1, 0.15) is 54.4 Å². The highest BCUT2D eigenvalue weighted by Crippen LogP contribution is 2.38. The lowest BCUT2D eigenvalue weighted by atomic mass is 9.78. The van der Waals surface area contributed by atoms with Gasteiger partial charge >= 0.3 is 0 Å². The van der Waals surface area contributed by atoms with E-state index in [2.05, 4.69) is 4.90 Å². The minimum absolute atomic E-state index is 0.0354. The second-order valence-corrected chi connectivity index (χ2v) is 11.7. The van der Waals surface area contributed by atoms with Crippen LogP contribution in [0, 0.1) is 5.92 Å². The Kier molecular flexibility index (Phi) is 5.89. The van der Waals surface area contributed by atoms with Crippen molar-refractivity contribution >= 4 is 44.8 Å². The number of benzene rings is 2. The zero-order chi connectivity index (χ0) is 22.5. The quantitative estimate of drug-likeness (QED) is 0.564. The molecule has 2 aliphatic heterocycles. The van der Waals surface area contributed by atoms with Crippen molar-refractivity contribution in [3.05, 3.63) is 57.6 Å². The van der Waals surface area contributed by atoms with Crippen molar-refractivity contribution in [2.45, 2.75) is 55.9 Å². The normalized spacial score (nSPS) is 23.1. The monoisotopic (exact) mass is 492 g/mol. The van der Waals surface area contributed by atoms with E-state index in [1.807, 2.05) is 6.07 Å². The number of nitrogens with zero attached hydrogens (tertiary/aromatic N) is 2. The van der Waals surface area contributed by atoms with Crippen LogP contribution in [-0.4, -0.2) is 38.4 Å². The van der Waals surface area contributed by atoms with E-state index < -0.39 is 10.0 Å². The first kappa shape index (κ1) is 22.1. The Bertz CT molecular complexity index is 1170. The van der Waals surface area contributed by atoms with Crippen LogP contribution in [0.3, 0.4) is 0 Å². The van der Waals surface area contributed by atoms with Crippen molar-refractivity contribution in [1.29, 1.82) is 0 Å². The highest BCUT2D eigenvalue weighted by atomic mass is 35.5. The Morgan fingerprint density at radius 3 is 2.53 bits per heavy atom. The number of sulfonamides is 1. The molecule has 8 heteroatoms. The molecule has 170 valence electrons. The first-order valence-corrected chi connectivity index (χ1v) is 13.5. The van der Waals surface area contributed by atoms with Crippen LogP contribution in [0.15, 0.2) is 41.3 Å². The topological polar surface area (TPSA) is 57.7 Å². The second kappa shape index (κ2) is 8.54. The number of hydrogen-bond acceptors (Lipinski definition) is 3. The number of rotatable bonds is 3. The van der Waals surface area contributed by atoms with Crippen molar-refractivity contribution < 1.29 is 13.2 Å². The lowest BCUT2D eigenvalue weighted by Crippen LogP contribution is -2.49. The van der Waals surface area contributed by atoms with Gasteiger partial charge in [-0.25, -0.2) is 8.42 Å². The summed E-state index contributed by atoms with van der Waals surface area (Å²) >= 11 is 12.1. The van der Waals surface area contributed by atoms with E-state index in [1.165, 1.54) is 48.2 Å². The van der Waals surface area contributed by atoms with E-state index in [1.54, 1.807) is 12.1 Å². The Labute approximate surface area is 199 Å². The molecule has 0 aromatic heterocycles. The highest BCUT2D eigenvalue weighted by molar-refractivity contribution is 7.93. The van der Waals surface area contributed by atoms with E-state index in [9.17, 15) is 13.2 Å². The largest absolute Gasteiger partial charge is 0.335 e. The van der Waals surface area contributed by atoms with Crippen LogP contribution < -0.4 is 4.31 Å². The van der Waals surface area contributed by atoms with Crippen molar-refractivity contribution in [3.63, 3.8) is 0 Å². The van der Waals surface area contributed by atoms with Gasteiger partial charge in [0, 0.05) is 29.7 Å². The van der Waals surface area contributed by atoms with Crippen LogP contribution in [0.5, 0.6) is 0 Å². The molecular formula is C24H26Cl2N2O3S. The lowest BCUT2D eigenvalue weighted by molar-refractivity contribution is 0.0390. The molecule has 1 aliphatic carbocycles. The number of piperidine rings is 1. The minimum Gasteiger partial charge on any atom is -0.335 e. The molecule has 2 fully saturated rings. The van der Waals surface area contributed by atoms with E-state index >= 15 is 0 Å². The molecule has 0 spiro atoms. The molecule has 3 aliphatic rings. The first-order chi connectivity index (χ1) is 15.4. The average Bonchev–Trinajstić information content (AvgIpc) is 3.22. The van der Waals surface area contributed by atoms with E-state index in [4.69, 9.17) is 23.2 Å². The fraction of sp³-hybridized carbons (Fsp3) is 0.458. The summed E-state index contributed by atoms with van der Waals surface area (Å²) in [5, 5.41) is 0.488. The number of carbonyl (C=O) groups is 1. The van der Waals surface area contributed by atoms with E-state index in [0.717, 1.165) is 24.9 Å². The molecule has 1 amide bonds. The van der Waals surface area contributed by atoms with Gasteiger partial charge in [-0.05, 0) is 80.0 Å². The summed E-state index contributed by atoms with van der Waals surface area (Å²) < 4.78 is 27.9. The zero-order valence-electron chi connectivity index (χ0n) is 17.8. The van der Waals surface area contributed by atoms with Crippen LogP contribution in [-0.2, 0) is 16.4 Å². The molecule has 0 bridgehead atoms. The van der Waals surface area contributed by atoms with Crippen LogP contribution >= 0.6 is 23.2 Å². The van der Waals surface area contributed by atoms with Crippen molar-refractivity contribution in [3.8, 4) is 0 Å². The first-order valence-electron chi connectivity index (χ1n) is 11.3. The van der Waals surface area contributed by atoms with Gasteiger partial charge in [0.05, 0.1) is 10.7 Å². The third kappa shape index (κ3) is 3.80. The number of hydrogen-bond donors (Lipinski definition) is 0. The molecule has 32 heavy (non-hydrogen) atoms. The molecule has 1 saturated heterocycles. The zero-order valence-corrected chi connectivity index (χ0v) is 20.1. The molecule has 1 saturated carbocycles. The number of halogens is 2. The molecule has 2 unspecified atom stereocenters. The van der Waals surface area contributed by atoms with Gasteiger partial charge in [0.1, 0.15) is 4.90 Å². The van der Waals surface area contributed by atoms with Gasteiger partial charge in [-0.2, -0.15) is 0 Å². The number of likely N-dealkylation sites (tertiary alicyclic amines) is 1. The Morgan fingerprint density at radius 2 is 1.72 bits per heavy atom. The maximum atomic E-state index is 13.4. The summed E-state index contributed by atoms with van der Waals surface area (Å²) in [6, 6.07) is 10.2. The molecule has 2 aromatic rings.